The zero-order valence-corrected chi connectivity index (χ0v) is 9.77. The molecule has 1 radical (unpaired) electrons. The van der Waals surface area contributed by atoms with Crippen LogP contribution < -0.4 is 0 Å². The van der Waals surface area contributed by atoms with E-state index in [0.29, 0.717) is 0 Å². The number of fused-ring (bicyclic) bond motifs is 2. The summed E-state index contributed by atoms with van der Waals surface area (Å²) in [6.07, 6.45) is 4.08. The molecular formula is C16H11N2. The van der Waals surface area contributed by atoms with E-state index >= 15 is 0 Å². The van der Waals surface area contributed by atoms with E-state index in [2.05, 4.69) is 47.6 Å². The molecular weight excluding hydrogens is 220 g/mol. The van der Waals surface area contributed by atoms with Gasteiger partial charge in [-0.3, -0.25) is 4.99 Å². The number of aromatic nitrogens is 1. The molecule has 1 aromatic heterocycles. The third-order valence-electron chi connectivity index (χ3n) is 3.41. The number of hydrogen-bond acceptors (Lipinski definition) is 1. The number of nitrogens with zero attached hydrogens (tertiary/aromatic N) is 1. The van der Waals surface area contributed by atoms with Crippen molar-refractivity contribution in [2.75, 3.05) is 0 Å². The first kappa shape index (κ1) is 9.66. The van der Waals surface area contributed by atoms with E-state index in [0.717, 1.165) is 28.9 Å². The zero-order valence-electron chi connectivity index (χ0n) is 9.77. The number of H-pyrrole nitrogens is 1. The lowest BCUT2D eigenvalue weighted by molar-refractivity contribution is 1.32. The number of benzene rings is 2. The van der Waals surface area contributed by atoms with E-state index in [1.54, 1.807) is 0 Å². The Kier molecular flexibility index (Phi) is 1.92. The van der Waals surface area contributed by atoms with Crippen LogP contribution in [0.1, 0.15) is 11.3 Å². The predicted molar refractivity (Wildman–Crippen MR) is 73.5 cm³/mol. The SMILES string of the molecule is [c]1[nH]c(C2=Nc3ccccc3C2)c2ccccc12. The largest absolute Gasteiger partial charge is 0.351 e. The maximum atomic E-state index is 4.71. The van der Waals surface area contributed by atoms with Gasteiger partial charge in [0, 0.05) is 17.2 Å². The van der Waals surface area contributed by atoms with Crippen molar-refractivity contribution in [3.8, 4) is 0 Å². The van der Waals surface area contributed by atoms with Gasteiger partial charge in [0.25, 0.3) is 0 Å². The number of hydrogen-bond donors (Lipinski definition) is 1. The van der Waals surface area contributed by atoms with Crippen molar-refractivity contribution >= 4 is 22.2 Å². The Labute approximate surface area is 105 Å². The maximum Gasteiger partial charge on any atom is 0.0711 e. The minimum absolute atomic E-state index is 0.897. The molecule has 85 valence electrons. The Balaban J connectivity index is 1.87. The van der Waals surface area contributed by atoms with Crippen LogP contribution in [-0.4, -0.2) is 10.7 Å². The molecule has 2 nitrogen and oxygen atoms in total. The highest BCUT2D eigenvalue weighted by Gasteiger charge is 2.18. The number of para-hydroxylation sites is 1. The van der Waals surface area contributed by atoms with Crippen LogP contribution in [0.25, 0.3) is 10.8 Å². The second kappa shape index (κ2) is 3.57. The fourth-order valence-electron chi connectivity index (χ4n) is 2.51. The van der Waals surface area contributed by atoms with Crippen LogP contribution in [0, 0.1) is 6.20 Å². The molecule has 0 bridgehead atoms. The minimum atomic E-state index is 0.897. The van der Waals surface area contributed by atoms with Gasteiger partial charge in [-0.15, -0.1) is 0 Å². The zero-order chi connectivity index (χ0) is 11.9. The monoisotopic (exact) mass is 231 g/mol. The molecule has 2 aromatic carbocycles. The lowest BCUT2D eigenvalue weighted by Crippen LogP contribution is -2.00. The van der Waals surface area contributed by atoms with Crippen molar-refractivity contribution in [1.29, 1.82) is 0 Å². The molecule has 18 heavy (non-hydrogen) atoms. The summed E-state index contributed by atoms with van der Waals surface area (Å²) < 4.78 is 0. The summed E-state index contributed by atoms with van der Waals surface area (Å²) in [4.78, 5) is 7.94. The number of aliphatic imine (C=N–C) groups is 1. The van der Waals surface area contributed by atoms with E-state index in [1.807, 2.05) is 12.1 Å². The smallest absolute Gasteiger partial charge is 0.0711 e. The molecule has 0 aliphatic carbocycles. The standard InChI is InChI=1S/C16H11N2/c1-3-7-13-12(6-1)10-17-16(13)15-9-11-5-2-4-8-14(11)18-15/h1-8,17H,9H2. The molecule has 0 atom stereocenters. The summed E-state index contributed by atoms with van der Waals surface area (Å²) in [5.41, 5.74) is 4.59. The van der Waals surface area contributed by atoms with Crippen molar-refractivity contribution in [3.05, 3.63) is 66.0 Å². The van der Waals surface area contributed by atoms with Gasteiger partial charge in [-0.25, -0.2) is 0 Å². The molecule has 0 unspecified atom stereocenters. The highest BCUT2D eigenvalue weighted by molar-refractivity contribution is 6.13. The lowest BCUT2D eigenvalue weighted by Gasteiger charge is -1.98. The van der Waals surface area contributed by atoms with Gasteiger partial charge in [0.2, 0.25) is 0 Å². The molecule has 3 aromatic rings. The fourth-order valence-corrected chi connectivity index (χ4v) is 2.51. The number of aromatic amines is 1. The van der Waals surface area contributed by atoms with Crippen molar-refractivity contribution in [2.45, 2.75) is 6.42 Å². The molecule has 0 saturated carbocycles. The molecule has 0 saturated heterocycles. The quantitative estimate of drug-likeness (QED) is 0.662. The van der Waals surface area contributed by atoms with Gasteiger partial charge in [-0.05, 0) is 11.6 Å². The Morgan fingerprint density at radius 3 is 2.78 bits per heavy atom. The highest BCUT2D eigenvalue weighted by Crippen LogP contribution is 2.30. The molecule has 0 fully saturated rings. The predicted octanol–water partition coefficient (Wildman–Crippen LogP) is 3.64. The Morgan fingerprint density at radius 1 is 1.00 bits per heavy atom. The number of rotatable bonds is 1. The summed E-state index contributed by atoms with van der Waals surface area (Å²) in [5, 5.41) is 2.32. The minimum Gasteiger partial charge on any atom is -0.351 e. The van der Waals surface area contributed by atoms with Crippen molar-refractivity contribution in [2.24, 2.45) is 4.99 Å². The van der Waals surface area contributed by atoms with Gasteiger partial charge in [0.05, 0.1) is 23.3 Å². The second-order valence-corrected chi connectivity index (χ2v) is 4.53. The van der Waals surface area contributed by atoms with E-state index in [1.165, 1.54) is 10.9 Å². The van der Waals surface area contributed by atoms with Crippen LogP contribution >= 0.6 is 0 Å². The Hall–Kier alpha value is -2.35. The number of nitrogens with one attached hydrogen (secondary N) is 1. The molecule has 2 heterocycles. The van der Waals surface area contributed by atoms with E-state index in [-0.39, 0.29) is 0 Å². The third-order valence-corrected chi connectivity index (χ3v) is 3.41. The lowest BCUT2D eigenvalue weighted by atomic mass is 10.1. The normalized spacial score (nSPS) is 13.7. The average molecular weight is 231 g/mol. The van der Waals surface area contributed by atoms with Crippen LogP contribution in [0.3, 0.4) is 0 Å². The van der Waals surface area contributed by atoms with Gasteiger partial charge >= 0.3 is 0 Å². The Bertz CT molecular complexity index is 765. The van der Waals surface area contributed by atoms with Gasteiger partial charge in [-0.1, -0.05) is 42.5 Å². The maximum absolute atomic E-state index is 4.71. The van der Waals surface area contributed by atoms with Crippen molar-refractivity contribution in [3.63, 3.8) is 0 Å². The molecule has 0 amide bonds. The summed E-state index contributed by atoms with van der Waals surface area (Å²) in [5.74, 6) is 0. The first-order chi connectivity index (χ1) is 8.92. The third kappa shape index (κ3) is 1.32. The molecule has 4 rings (SSSR count). The van der Waals surface area contributed by atoms with E-state index < -0.39 is 0 Å². The molecule has 1 aliphatic heterocycles. The topological polar surface area (TPSA) is 28.1 Å². The van der Waals surface area contributed by atoms with Gasteiger partial charge < -0.3 is 4.98 Å². The first-order valence-corrected chi connectivity index (χ1v) is 6.06. The summed E-state index contributed by atoms with van der Waals surface area (Å²) in [6.45, 7) is 0. The van der Waals surface area contributed by atoms with Gasteiger partial charge in [-0.2, -0.15) is 0 Å². The van der Waals surface area contributed by atoms with E-state index in [4.69, 9.17) is 4.99 Å². The average Bonchev–Trinajstić information content (AvgIpc) is 3.02. The second-order valence-electron chi connectivity index (χ2n) is 4.53. The van der Waals surface area contributed by atoms with Crippen LogP contribution in [0.5, 0.6) is 0 Å². The van der Waals surface area contributed by atoms with Crippen LogP contribution in [-0.2, 0) is 6.42 Å². The molecule has 1 aliphatic rings. The fraction of sp³-hybridized carbons (Fsp3) is 0.0625. The Morgan fingerprint density at radius 2 is 1.83 bits per heavy atom. The first-order valence-electron chi connectivity index (χ1n) is 6.06. The molecule has 2 heteroatoms. The van der Waals surface area contributed by atoms with Crippen LogP contribution in [0.4, 0.5) is 5.69 Å². The summed E-state index contributed by atoms with van der Waals surface area (Å²) in [7, 11) is 0. The van der Waals surface area contributed by atoms with E-state index in [9.17, 15) is 0 Å². The molecule has 1 N–H and O–H groups in total. The summed E-state index contributed by atoms with van der Waals surface area (Å²) in [6, 6.07) is 16.6. The summed E-state index contributed by atoms with van der Waals surface area (Å²) >= 11 is 0. The van der Waals surface area contributed by atoms with Gasteiger partial charge in [0.1, 0.15) is 0 Å². The highest BCUT2D eigenvalue weighted by atomic mass is 14.8. The van der Waals surface area contributed by atoms with Crippen LogP contribution in [0.2, 0.25) is 0 Å². The van der Waals surface area contributed by atoms with Crippen molar-refractivity contribution in [1.82, 2.24) is 4.98 Å². The van der Waals surface area contributed by atoms with Crippen molar-refractivity contribution < 1.29 is 0 Å². The molecule has 0 spiro atoms. The van der Waals surface area contributed by atoms with Gasteiger partial charge in [0.15, 0.2) is 0 Å². The van der Waals surface area contributed by atoms with Crippen LogP contribution in [0.15, 0.2) is 53.5 Å².